The maximum Gasteiger partial charge on any atom is 0.310 e. The average Bonchev–Trinajstić information content (AvgIpc) is 2.85. The zero-order valence-electron chi connectivity index (χ0n) is 19.3. The summed E-state index contributed by atoms with van der Waals surface area (Å²) < 4.78 is 7.00. The lowest BCUT2D eigenvalue weighted by atomic mass is 10.0. The summed E-state index contributed by atoms with van der Waals surface area (Å²) in [7, 11) is 0. The van der Waals surface area contributed by atoms with E-state index in [9.17, 15) is 9.59 Å². The van der Waals surface area contributed by atoms with Gasteiger partial charge in [0.1, 0.15) is 5.69 Å². The molecule has 0 aliphatic heterocycles. The molecule has 2 heterocycles. The number of hydrogen-bond acceptors (Lipinski definition) is 5. The number of ether oxygens (including phenoxy) is 1. The van der Waals surface area contributed by atoms with E-state index < -0.39 is 0 Å². The summed E-state index contributed by atoms with van der Waals surface area (Å²) >= 11 is 0. The molecule has 172 valence electrons. The van der Waals surface area contributed by atoms with Crippen molar-refractivity contribution in [3.8, 4) is 16.8 Å². The highest BCUT2D eigenvalue weighted by atomic mass is 16.5. The molecule has 6 nitrogen and oxygen atoms in total. The number of carbonyl (C=O) groups excluding carboxylic acids is 1. The first-order valence-corrected chi connectivity index (χ1v) is 11.3. The molecule has 4 aromatic rings. The number of hydrogen-bond donors (Lipinski definition) is 0. The van der Waals surface area contributed by atoms with E-state index >= 15 is 0 Å². The van der Waals surface area contributed by atoms with E-state index in [1.807, 2.05) is 74.5 Å². The lowest BCUT2D eigenvalue weighted by molar-refractivity contribution is -0.143. The molecule has 34 heavy (non-hydrogen) atoms. The van der Waals surface area contributed by atoms with E-state index in [1.165, 1.54) is 6.07 Å². The summed E-state index contributed by atoms with van der Waals surface area (Å²) in [5.74, 6) is 0.0483. The van der Waals surface area contributed by atoms with Crippen molar-refractivity contribution >= 4 is 5.97 Å². The molecule has 0 saturated heterocycles. The number of rotatable bonds is 8. The van der Waals surface area contributed by atoms with Crippen LogP contribution in [-0.4, -0.2) is 27.3 Å². The predicted molar refractivity (Wildman–Crippen MR) is 132 cm³/mol. The highest BCUT2D eigenvalue weighted by molar-refractivity contribution is 5.72. The highest BCUT2D eigenvalue weighted by Gasteiger charge is 2.10. The number of nitrogens with zero attached hydrogens (tertiary/aromatic N) is 3. The minimum atomic E-state index is -0.250. The van der Waals surface area contributed by atoms with Gasteiger partial charge in [0.05, 0.1) is 18.7 Å². The Bertz CT molecular complexity index is 1330. The van der Waals surface area contributed by atoms with Crippen LogP contribution in [0.1, 0.15) is 30.7 Å². The Kier molecular flexibility index (Phi) is 7.28. The fourth-order valence-corrected chi connectivity index (χ4v) is 3.61. The summed E-state index contributed by atoms with van der Waals surface area (Å²) in [5.41, 5.74) is 5.05. The molecule has 0 bridgehead atoms. The van der Waals surface area contributed by atoms with E-state index in [4.69, 9.17) is 4.74 Å². The third-order valence-corrected chi connectivity index (χ3v) is 5.29. The first-order chi connectivity index (χ1) is 16.5. The van der Waals surface area contributed by atoms with Crippen molar-refractivity contribution < 1.29 is 9.53 Å². The Balaban J connectivity index is 1.54. The molecule has 0 unspecified atom stereocenters. The molecule has 0 amide bonds. The molecule has 0 radical (unpaired) electrons. The van der Waals surface area contributed by atoms with E-state index in [0.29, 0.717) is 24.6 Å². The average molecular weight is 454 g/mol. The summed E-state index contributed by atoms with van der Waals surface area (Å²) in [6.45, 7) is 4.42. The first kappa shape index (κ1) is 23.1. The van der Waals surface area contributed by atoms with Crippen LogP contribution in [0, 0.1) is 5.92 Å². The van der Waals surface area contributed by atoms with Crippen molar-refractivity contribution in [2.24, 2.45) is 5.92 Å². The van der Waals surface area contributed by atoms with Gasteiger partial charge in [0.15, 0.2) is 0 Å². The maximum atomic E-state index is 12.6. The van der Waals surface area contributed by atoms with Crippen LogP contribution in [0.5, 0.6) is 0 Å². The molecule has 0 aliphatic carbocycles. The van der Waals surface area contributed by atoms with Crippen LogP contribution in [-0.2, 0) is 22.4 Å². The van der Waals surface area contributed by atoms with Crippen molar-refractivity contribution in [3.63, 3.8) is 0 Å². The zero-order valence-corrected chi connectivity index (χ0v) is 19.3. The van der Waals surface area contributed by atoms with Crippen molar-refractivity contribution in [1.29, 1.82) is 0 Å². The Morgan fingerprint density at radius 3 is 2.50 bits per heavy atom. The third-order valence-electron chi connectivity index (χ3n) is 5.29. The highest BCUT2D eigenvalue weighted by Crippen LogP contribution is 2.21. The van der Waals surface area contributed by atoms with Gasteiger partial charge in [0, 0.05) is 31.1 Å². The van der Waals surface area contributed by atoms with Gasteiger partial charge in [0.25, 0.3) is 0 Å². The van der Waals surface area contributed by atoms with Crippen molar-refractivity contribution in [2.75, 3.05) is 6.61 Å². The lowest BCUT2D eigenvalue weighted by Gasteiger charge is -2.10. The van der Waals surface area contributed by atoms with Crippen molar-refractivity contribution in [1.82, 2.24) is 14.8 Å². The van der Waals surface area contributed by atoms with Crippen molar-refractivity contribution in [2.45, 2.75) is 26.7 Å². The summed E-state index contributed by atoms with van der Waals surface area (Å²) in [6, 6.07) is 21.1. The van der Waals surface area contributed by atoms with Gasteiger partial charge in [-0.15, -0.1) is 0 Å². The van der Waals surface area contributed by atoms with Crippen LogP contribution in [0.25, 0.3) is 16.8 Å². The molecule has 0 saturated carbocycles. The number of pyridine rings is 1. The second-order valence-electron chi connectivity index (χ2n) is 8.61. The summed E-state index contributed by atoms with van der Waals surface area (Å²) in [4.78, 5) is 28.7. The van der Waals surface area contributed by atoms with Gasteiger partial charge >= 0.3 is 5.97 Å². The molecule has 0 N–H and O–H groups in total. The minimum Gasteiger partial charge on any atom is -0.465 e. The zero-order chi connectivity index (χ0) is 23.9. The van der Waals surface area contributed by atoms with E-state index in [1.54, 1.807) is 23.3 Å². The smallest absolute Gasteiger partial charge is 0.310 e. The van der Waals surface area contributed by atoms with Crippen LogP contribution in [0.15, 0.2) is 90.1 Å². The molecule has 0 aliphatic rings. The normalized spacial score (nSPS) is 10.9. The molecule has 0 atom stereocenters. The SMILES string of the molecule is CC(C)COC(=O)Cc1cccc(Cc2nn(-c3cccc(-c4ccncc4)c3)ccc2=O)c1. The second kappa shape index (κ2) is 10.7. The number of esters is 1. The fraction of sp³-hybridized carbons (Fsp3) is 0.214. The molecule has 4 rings (SSSR count). The van der Waals surface area contributed by atoms with Gasteiger partial charge in [-0.05, 0) is 52.4 Å². The van der Waals surface area contributed by atoms with Gasteiger partial charge < -0.3 is 4.74 Å². The fourth-order valence-electron chi connectivity index (χ4n) is 3.61. The molecule has 0 fully saturated rings. The molecular formula is C28H27N3O3. The number of aromatic nitrogens is 3. The van der Waals surface area contributed by atoms with Crippen molar-refractivity contribution in [3.05, 3.63) is 112 Å². The molecule has 0 spiro atoms. The Morgan fingerprint density at radius 2 is 1.71 bits per heavy atom. The van der Waals surface area contributed by atoms with Crippen LogP contribution >= 0.6 is 0 Å². The maximum absolute atomic E-state index is 12.6. The van der Waals surface area contributed by atoms with E-state index in [-0.39, 0.29) is 17.8 Å². The van der Waals surface area contributed by atoms with E-state index in [0.717, 1.165) is 27.9 Å². The third kappa shape index (κ3) is 6.04. The Labute approximate surface area is 198 Å². The quantitative estimate of drug-likeness (QED) is 0.364. The molecular weight excluding hydrogens is 426 g/mol. The van der Waals surface area contributed by atoms with Crippen LogP contribution < -0.4 is 5.43 Å². The van der Waals surface area contributed by atoms with Gasteiger partial charge in [-0.25, -0.2) is 4.68 Å². The lowest BCUT2D eigenvalue weighted by Crippen LogP contribution is -2.16. The summed E-state index contributed by atoms with van der Waals surface area (Å²) in [5, 5.41) is 4.61. The Morgan fingerprint density at radius 1 is 0.941 bits per heavy atom. The minimum absolute atomic E-state index is 0.122. The van der Waals surface area contributed by atoms with Crippen LogP contribution in [0.4, 0.5) is 0 Å². The van der Waals surface area contributed by atoms with Gasteiger partial charge in [0.2, 0.25) is 5.43 Å². The predicted octanol–water partition coefficient (Wildman–Crippen LogP) is 4.63. The van der Waals surface area contributed by atoms with Crippen LogP contribution in [0.2, 0.25) is 0 Å². The number of carbonyl (C=O) groups is 1. The Hall–Kier alpha value is -4.06. The standard InChI is InChI=1S/C28H27N3O3/c1-20(2)19-34-28(33)17-22-6-3-5-21(15-22)16-26-27(32)11-14-31(30-26)25-8-4-7-24(18-25)23-9-12-29-13-10-23/h3-15,18,20H,16-17,19H2,1-2H3. The monoisotopic (exact) mass is 453 g/mol. The van der Waals surface area contributed by atoms with Crippen LogP contribution in [0.3, 0.4) is 0 Å². The molecule has 2 aromatic heterocycles. The van der Waals surface area contributed by atoms with Gasteiger partial charge in [-0.1, -0.05) is 50.2 Å². The van der Waals surface area contributed by atoms with Gasteiger partial charge in [-0.3, -0.25) is 14.6 Å². The summed E-state index contributed by atoms with van der Waals surface area (Å²) in [6.07, 6.45) is 5.78. The topological polar surface area (TPSA) is 74.1 Å². The largest absolute Gasteiger partial charge is 0.465 e. The molecule has 6 heteroatoms. The van der Waals surface area contributed by atoms with E-state index in [2.05, 4.69) is 10.1 Å². The number of benzene rings is 2. The molecule has 2 aromatic carbocycles. The second-order valence-corrected chi connectivity index (χ2v) is 8.61. The van der Waals surface area contributed by atoms with Gasteiger partial charge in [-0.2, -0.15) is 5.10 Å². The first-order valence-electron chi connectivity index (χ1n) is 11.3.